The highest BCUT2D eigenvalue weighted by Gasteiger charge is 2.28. The minimum atomic E-state index is -2.46. The van der Waals surface area contributed by atoms with Crippen molar-refractivity contribution in [2.75, 3.05) is 26.1 Å². The fourth-order valence-corrected chi connectivity index (χ4v) is 6.77. The first-order valence-electron chi connectivity index (χ1n) is 9.90. The van der Waals surface area contributed by atoms with Crippen LogP contribution in [0.3, 0.4) is 0 Å². The SMILES string of the molecule is COc1nc(N=P(c2ccccc2)(c2ccccc2)c2ccccc2)nc(N(C)C)n1. The van der Waals surface area contributed by atoms with Crippen molar-refractivity contribution in [2.24, 2.45) is 4.74 Å². The van der Waals surface area contributed by atoms with E-state index in [1.54, 1.807) is 7.11 Å². The maximum absolute atomic E-state index is 5.34. The van der Waals surface area contributed by atoms with Crippen LogP contribution in [0.15, 0.2) is 95.7 Å². The summed E-state index contributed by atoms with van der Waals surface area (Å²) in [4.78, 5) is 15.3. The molecule has 1 heterocycles. The zero-order chi connectivity index (χ0) is 21.7. The molecule has 1 aromatic heterocycles. The highest BCUT2D eigenvalue weighted by Crippen LogP contribution is 2.48. The fraction of sp³-hybridized carbons (Fsp3) is 0.125. The van der Waals surface area contributed by atoms with Gasteiger partial charge >= 0.3 is 6.01 Å². The first-order chi connectivity index (χ1) is 15.1. The van der Waals surface area contributed by atoms with E-state index in [1.165, 1.54) is 0 Å². The predicted molar refractivity (Wildman–Crippen MR) is 128 cm³/mol. The van der Waals surface area contributed by atoms with Gasteiger partial charge in [0.1, 0.15) is 0 Å². The Morgan fingerprint density at radius 3 is 1.52 bits per heavy atom. The maximum Gasteiger partial charge on any atom is 0.322 e. The zero-order valence-corrected chi connectivity index (χ0v) is 18.6. The molecule has 6 nitrogen and oxygen atoms in total. The van der Waals surface area contributed by atoms with E-state index in [0.717, 1.165) is 15.9 Å². The van der Waals surface area contributed by atoms with E-state index in [1.807, 2.05) is 73.6 Å². The van der Waals surface area contributed by atoms with Crippen LogP contribution in [-0.2, 0) is 0 Å². The van der Waals surface area contributed by atoms with Crippen molar-refractivity contribution in [1.82, 2.24) is 15.0 Å². The van der Waals surface area contributed by atoms with Crippen LogP contribution >= 0.6 is 7.05 Å². The molecule has 0 atom stereocenters. The largest absolute Gasteiger partial charge is 0.467 e. The number of hydrogen-bond acceptors (Lipinski definition) is 6. The minimum Gasteiger partial charge on any atom is -0.467 e. The molecule has 7 heteroatoms. The van der Waals surface area contributed by atoms with E-state index in [0.29, 0.717) is 11.9 Å². The third kappa shape index (κ3) is 4.21. The number of methoxy groups -OCH3 is 1. The predicted octanol–water partition coefficient (Wildman–Crippen LogP) is 3.76. The topological polar surface area (TPSA) is 63.5 Å². The summed E-state index contributed by atoms with van der Waals surface area (Å²) in [6.07, 6.45) is 0. The smallest absolute Gasteiger partial charge is 0.322 e. The van der Waals surface area contributed by atoms with Crippen molar-refractivity contribution in [3.8, 4) is 6.01 Å². The average molecular weight is 429 g/mol. The number of hydrogen-bond donors (Lipinski definition) is 0. The van der Waals surface area contributed by atoms with Gasteiger partial charge in [0, 0.05) is 30.0 Å². The molecule has 3 aromatic carbocycles. The summed E-state index contributed by atoms with van der Waals surface area (Å²) >= 11 is 0. The molecular weight excluding hydrogens is 405 g/mol. The van der Waals surface area contributed by atoms with Gasteiger partial charge in [-0.3, -0.25) is 0 Å². The summed E-state index contributed by atoms with van der Waals surface area (Å²) in [5, 5.41) is 3.37. The monoisotopic (exact) mass is 429 g/mol. The van der Waals surface area contributed by atoms with E-state index < -0.39 is 7.05 Å². The van der Waals surface area contributed by atoms with E-state index >= 15 is 0 Å². The van der Waals surface area contributed by atoms with Crippen molar-refractivity contribution >= 4 is 34.9 Å². The van der Waals surface area contributed by atoms with Crippen molar-refractivity contribution in [1.29, 1.82) is 0 Å². The Labute approximate surface area is 182 Å². The molecule has 0 aliphatic rings. The van der Waals surface area contributed by atoms with Gasteiger partial charge in [-0.2, -0.15) is 15.0 Å². The lowest BCUT2D eigenvalue weighted by molar-refractivity contribution is 0.379. The van der Waals surface area contributed by atoms with E-state index in [4.69, 9.17) is 9.48 Å². The summed E-state index contributed by atoms with van der Waals surface area (Å²) < 4.78 is 10.6. The molecule has 0 amide bonds. The summed E-state index contributed by atoms with van der Waals surface area (Å²) in [6, 6.07) is 31.3. The Kier molecular flexibility index (Phi) is 6.10. The quantitative estimate of drug-likeness (QED) is 0.437. The van der Waals surface area contributed by atoms with Crippen molar-refractivity contribution in [2.45, 2.75) is 0 Å². The Hall–Kier alpha value is -3.50. The lowest BCUT2D eigenvalue weighted by Gasteiger charge is -2.26. The van der Waals surface area contributed by atoms with Crippen LogP contribution in [0.5, 0.6) is 6.01 Å². The second-order valence-corrected chi connectivity index (χ2v) is 10.1. The van der Waals surface area contributed by atoms with Gasteiger partial charge in [0.25, 0.3) is 5.95 Å². The van der Waals surface area contributed by atoms with Crippen molar-refractivity contribution < 1.29 is 4.74 Å². The Morgan fingerprint density at radius 2 is 1.13 bits per heavy atom. The molecule has 0 N–H and O–H groups in total. The Morgan fingerprint density at radius 1 is 0.677 bits per heavy atom. The number of anilines is 1. The van der Waals surface area contributed by atoms with Crippen LogP contribution in [0.25, 0.3) is 0 Å². The van der Waals surface area contributed by atoms with Crippen LogP contribution in [-0.4, -0.2) is 36.2 Å². The van der Waals surface area contributed by atoms with Gasteiger partial charge in [0.05, 0.1) is 14.2 Å². The number of benzene rings is 3. The second-order valence-electron chi connectivity index (χ2n) is 7.06. The molecule has 4 aromatic rings. The summed E-state index contributed by atoms with van der Waals surface area (Å²) in [5.74, 6) is 0.846. The number of aromatic nitrogens is 3. The van der Waals surface area contributed by atoms with E-state index in [9.17, 15) is 0 Å². The van der Waals surface area contributed by atoms with Gasteiger partial charge < -0.3 is 9.64 Å². The van der Waals surface area contributed by atoms with Crippen LogP contribution in [0, 0.1) is 0 Å². The molecule has 0 aliphatic heterocycles. The van der Waals surface area contributed by atoms with Crippen LogP contribution in [0.1, 0.15) is 0 Å². The molecule has 0 spiro atoms. The Balaban J connectivity index is 2.12. The summed E-state index contributed by atoms with van der Waals surface area (Å²) in [5.41, 5.74) is 0. The van der Waals surface area contributed by atoms with Crippen molar-refractivity contribution in [3.63, 3.8) is 0 Å². The lowest BCUT2D eigenvalue weighted by Crippen LogP contribution is -2.25. The Bertz CT molecular complexity index is 1100. The third-order valence-electron chi connectivity index (χ3n) is 4.80. The zero-order valence-electron chi connectivity index (χ0n) is 17.8. The minimum absolute atomic E-state index is 0.240. The van der Waals surface area contributed by atoms with Crippen LogP contribution in [0.2, 0.25) is 0 Å². The molecule has 0 saturated carbocycles. The molecular formula is C24H24N5OP. The van der Waals surface area contributed by atoms with E-state index in [2.05, 4.69) is 51.4 Å². The molecule has 0 aliphatic carbocycles. The van der Waals surface area contributed by atoms with Gasteiger partial charge in [-0.05, 0) is 0 Å². The first kappa shape index (κ1) is 20.8. The van der Waals surface area contributed by atoms with E-state index in [-0.39, 0.29) is 6.01 Å². The molecule has 0 fully saturated rings. The standard InChI is InChI=1S/C24H24N5OP/c1-29(2)23-25-22(26-24(27-23)30-3)28-31(19-13-7-4-8-14-19,20-15-9-5-10-16-20)21-17-11-6-12-18-21/h4-18H,1-3H3. The average Bonchev–Trinajstić information content (AvgIpc) is 2.84. The highest BCUT2D eigenvalue weighted by atomic mass is 31.2. The van der Waals surface area contributed by atoms with Gasteiger partial charge in [0.2, 0.25) is 5.95 Å². The normalized spacial score (nSPS) is 11.1. The molecule has 0 unspecified atom stereocenters. The van der Waals surface area contributed by atoms with Gasteiger partial charge in [0.15, 0.2) is 0 Å². The molecule has 0 saturated heterocycles. The number of rotatable bonds is 6. The molecule has 0 bridgehead atoms. The maximum atomic E-state index is 5.34. The summed E-state index contributed by atoms with van der Waals surface area (Å²) in [7, 11) is 2.85. The molecule has 31 heavy (non-hydrogen) atoms. The molecule has 0 radical (unpaired) electrons. The van der Waals surface area contributed by atoms with Crippen LogP contribution < -0.4 is 25.6 Å². The lowest BCUT2D eigenvalue weighted by atomic mass is 10.4. The molecule has 4 rings (SSSR count). The highest BCUT2D eigenvalue weighted by molar-refractivity contribution is 7.87. The van der Waals surface area contributed by atoms with Gasteiger partial charge in [-0.25, -0.2) is 4.74 Å². The second kappa shape index (κ2) is 9.11. The van der Waals surface area contributed by atoms with Gasteiger partial charge in [-0.1, -0.05) is 91.0 Å². The number of nitrogens with zero attached hydrogens (tertiary/aromatic N) is 5. The summed E-state index contributed by atoms with van der Waals surface area (Å²) in [6.45, 7) is 0. The first-order valence-corrected chi connectivity index (χ1v) is 11.6. The van der Waals surface area contributed by atoms with Gasteiger partial charge in [-0.15, -0.1) is 0 Å². The fourth-order valence-electron chi connectivity index (χ4n) is 3.36. The third-order valence-corrected chi connectivity index (χ3v) is 8.42. The number of ether oxygens (including phenoxy) is 1. The van der Waals surface area contributed by atoms with Crippen LogP contribution in [0.4, 0.5) is 11.9 Å². The molecule has 156 valence electrons. The van der Waals surface area contributed by atoms with Crippen molar-refractivity contribution in [3.05, 3.63) is 91.0 Å².